The predicted octanol–water partition coefficient (Wildman–Crippen LogP) is 1.64. The number of aromatic nitrogens is 3. The van der Waals surface area contributed by atoms with E-state index >= 15 is 0 Å². The minimum atomic E-state index is -0.0776. The average Bonchev–Trinajstić information content (AvgIpc) is 2.99. The Kier molecular flexibility index (Phi) is 5.96. The highest BCUT2D eigenvalue weighted by Crippen LogP contribution is 2.17. The number of methoxy groups -OCH3 is 1. The number of rotatable bonds is 8. The van der Waals surface area contributed by atoms with Crippen molar-refractivity contribution in [3.63, 3.8) is 0 Å². The van der Waals surface area contributed by atoms with E-state index in [1.165, 1.54) is 4.68 Å². The predicted molar refractivity (Wildman–Crippen MR) is 85.2 cm³/mol. The summed E-state index contributed by atoms with van der Waals surface area (Å²) in [6.45, 7) is 5.19. The first kappa shape index (κ1) is 16.8. The SMILES string of the molecule is COc1ccc(OCc2cn(CC(=O)NCC(C)C)nn2)cc1. The summed E-state index contributed by atoms with van der Waals surface area (Å²) >= 11 is 0. The van der Waals surface area contributed by atoms with Crippen molar-refractivity contribution in [1.29, 1.82) is 0 Å². The Hall–Kier alpha value is -2.57. The fraction of sp³-hybridized carbons (Fsp3) is 0.438. The minimum absolute atomic E-state index is 0.0776. The number of hydrogen-bond acceptors (Lipinski definition) is 5. The van der Waals surface area contributed by atoms with Crippen LogP contribution in [-0.4, -0.2) is 34.6 Å². The maximum Gasteiger partial charge on any atom is 0.241 e. The van der Waals surface area contributed by atoms with Gasteiger partial charge >= 0.3 is 0 Å². The van der Waals surface area contributed by atoms with Crippen molar-refractivity contribution in [2.45, 2.75) is 27.0 Å². The largest absolute Gasteiger partial charge is 0.497 e. The van der Waals surface area contributed by atoms with Gasteiger partial charge in [-0.2, -0.15) is 0 Å². The van der Waals surface area contributed by atoms with E-state index in [1.54, 1.807) is 13.3 Å². The number of hydrogen-bond donors (Lipinski definition) is 1. The summed E-state index contributed by atoms with van der Waals surface area (Å²) in [5, 5.41) is 10.8. The third-order valence-corrected chi connectivity index (χ3v) is 3.05. The van der Waals surface area contributed by atoms with Gasteiger partial charge in [0, 0.05) is 6.54 Å². The smallest absolute Gasteiger partial charge is 0.241 e. The Morgan fingerprint density at radius 2 is 1.96 bits per heavy atom. The van der Waals surface area contributed by atoms with Crippen molar-refractivity contribution < 1.29 is 14.3 Å². The highest BCUT2D eigenvalue weighted by molar-refractivity contribution is 5.75. The zero-order valence-electron chi connectivity index (χ0n) is 13.7. The van der Waals surface area contributed by atoms with Crippen LogP contribution in [0.15, 0.2) is 30.5 Å². The average molecular weight is 318 g/mol. The molecule has 1 N–H and O–H groups in total. The van der Waals surface area contributed by atoms with Gasteiger partial charge in [-0.1, -0.05) is 19.1 Å². The van der Waals surface area contributed by atoms with Gasteiger partial charge in [0.15, 0.2) is 0 Å². The van der Waals surface area contributed by atoms with Crippen LogP contribution in [0.1, 0.15) is 19.5 Å². The number of nitrogens with one attached hydrogen (secondary N) is 1. The molecule has 0 bridgehead atoms. The molecule has 0 atom stereocenters. The molecule has 1 aromatic heterocycles. The van der Waals surface area contributed by atoms with Crippen LogP contribution in [0.3, 0.4) is 0 Å². The zero-order valence-corrected chi connectivity index (χ0v) is 13.7. The summed E-state index contributed by atoms with van der Waals surface area (Å²) < 4.78 is 12.2. The first-order valence-electron chi connectivity index (χ1n) is 7.49. The lowest BCUT2D eigenvalue weighted by Gasteiger charge is -2.07. The fourth-order valence-electron chi connectivity index (χ4n) is 1.83. The first-order valence-corrected chi connectivity index (χ1v) is 7.49. The Bertz CT molecular complexity index is 623. The molecule has 0 unspecified atom stereocenters. The molecule has 0 fully saturated rings. The summed E-state index contributed by atoms with van der Waals surface area (Å²) in [6, 6.07) is 7.29. The van der Waals surface area contributed by atoms with Gasteiger partial charge in [0.25, 0.3) is 0 Å². The van der Waals surface area contributed by atoms with E-state index in [9.17, 15) is 4.79 Å². The summed E-state index contributed by atoms with van der Waals surface area (Å²) in [5.41, 5.74) is 0.664. The van der Waals surface area contributed by atoms with Gasteiger partial charge in [-0.3, -0.25) is 4.79 Å². The molecular weight excluding hydrogens is 296 g/mol. The molecule has 7 heteroatoms. The molecule has 0 aliphatic heterocycles. The van der Waals surface area contributed by atoms with E-state index in [4.69, 9.17) is 9.47 Å². The number of benzene rings is 1. The molecule has 2 aromatic rings. The van der Waals surface area contributed by atoms with Crippen LogP contribution in [0.4, 0.5) is 0 Å². The lowest BCUT2D eigenvalue weighted by atomic mass is 10.2. The molecule has 0 aliphatic rings. The van der Waals surface area contributed by atoms with Crippen LogP contribution in [0.25, 0.3) is 0 Å². The Morgan fingerprint density at radius 1 is 1.26 bits per heavy atom. The van der Waals surface area contributed by atoms with E-state index in [2.05, 4.69) is 15.6 Å². The van der Waals surface area contributed by atoms with Crippen LogP contribution in [0.2, 0.25) is 0 Å². The molecule has 1 heterocycles. The topological polar surface area (TPSA) is 78.3 Å². The van der Waals surface area contributed by atoms with Gasteiger partial charge in [0.05, 0.1) is 13.3 Å². The standard InChI is InChI=1S/C16H22N4O3/c1-12(2)8-17-16(21)10-20-9-13(18-19-20)11-23-15-6-4-14(22-3)5-7-15/h4-7,9,12H,8,10-11H2,1-3H3,(H,17,21). The second kappa shape index (κ2) is 8.17. The number of amides is 1. The minimum Gasteiger partial charge on any atom is -0.497 e. The first-order chi connectivity index (χ1) is 11.1. The van der Waals surface area contributed by atoms with Gasteiger partial charge in [-0.05, 0) is 30.2 Å². The molecule has 1 aromatic carbocycles. The molecule has 0 spiro atoms. The van der Waals surface area contributed by atoms with Crippen LogP contribution in [0, 0.1) is 5.92 Å². The van der Waals surface area contributed by atoms with Crippen LogP contribution in [-0.2, 0) is 17.9 Å². The normalized spacial score (nSPS) is 10.6. The molecule has 0 saturated carbocycles. The summed E-state index contributed by atoms with van der Waals surface area (Å²) in [6.07, 6.45) is 1.71. The highest BCUT2D eigenvalue weighted by Gasteiger charge is 2.07. The van der Waals surface area contributed by atoms with E-state index in [-0.39, 0.29) is 12.5 Å². The van der Waals surface area contributed by atoms with Crippen molar-refractivity contribution in [3.8, 4) is 11.5 Å². The molecule has 124 valence electrons. The van der Waals surface area contributed by atoms with E-state index in [0.29, 0.717) is 24.8 Å². The molecule has 23 heavy (non-hydrogen) atoms. The number of carbonyl (C=O) groups excluding carboxylic acids is 1. The van der Waals surface area contributed by atoms with Gasteiger partial charge in [-0.25, -0.2) is 4.68 Å². The molecule has 2 rings (SSSR count). The van der Waals surface area contributed by atoms with Gasteiger partial charge < -0.3 is 14.8 Å². The monoisotopic (exact) mass is 318 g/mol. The molecular formula is C16H22N4O3. The highest BCUT2D eigenvalue weighted by atomic mass is 16.5. The van der Waals surface area contributed by atoms with Crippen molar-refractivity contribution >= 4 is 5.91 Å². The van der Waals surface area contributed by atoms with Crippen molar-refractivity contribution in [2.24, 2.45) is 5.92 Å². The Labute approximate surface area is 135 Å². The summed E-state index contributed by atoms with van der Waals surface area (Å²) in [7, 11) is 1.62. The van der Waals surface area contributed by atoms with Crippen molar-refractivity contribution in [2.75, 3.05) is 13.7 Å². The second-order valence-electron chi connectivity index (χ2n) is 5.57. The van der Waals surface area contributed by atoms with Crippen LogP contribution >= 0.6 is 0 Å². The molecule has 1 amide bonds. The summed E-state index contributed by atoms with van der Waals surface area (Å²) in [5.74, 6) is 1.83. The fourth-order valence-corrected chi connectivity index (χ4v) is 1.83. The maximum atomic E-state index is 11.7. The number of ether oxygens (including phenoxy) is 2. The number of nitrogens with zero attached hydrogens (tertiary/aromatic N) is 3. The third-order valence-electron chi connectivity index (χ3n) is 3.05. The lowest BCUT2D eigenvalue weighted by Crippen LogP contribution is -2.30. The number of carbonyl (C=O) groups is 1. The van der Waals surface area contributed by atoms with Gasteiger partial charge in [0.1, 0.15) is 30.3 Å². The molecule has 7 nitrogen and oxygen atoms in total. The van der Waals surface area contributed by atoms with E-state index in [1.807, 2.05) is 38.1 Å². The van der Waals surface area contributed by atoms with Crippen LogP contribution < -0.4 is 14.8 Å². The Morgan fingerprint density at radius 3 is 2.61 bits per heavy atom. The lowest BCUT2D eigenvalue weighted by molar-refractivity contribution is -0.122. The zero-order chi connectivity index (χ0) is 16.7. The van der Waals surface area contributed by atoms with Crippen LogP contribution in [0.5, 0.6) is 11.5 Å². The van der Waals surface area contributed by atoms with Crippen molar-refractivity contribution in [3.05, 3.63) is 36.2 Å². The molecule has 0 radical (unpaired) electrons. The van der Waals surface area contributed by atoms with Gasteiger partial charge in [-0.15, -0.1) is 5.10 Å². The third kappa shape index (κ3) is 5.61. The molecule has 0 aliphatic carbocycles. The molecule has 0 saturated heterocycles. The van der Waals surface area contributed by atoms with E-state index in [0.717, 1.165) is 11.5 Å². The maximum absolute atomic E-state index is 11.7. The quantitative estimate of drug-likeness (QED) is 0.800. The summed E-state index contributed by atoms with van der Waals surface area (Å²) in [4.78, 5) is 11.7. The van der Waals surface area contributed by atoms with Gasteiger partial charge in [0.2, 0.25) is 5.91 Å². The van der Waals surface area contributed by atoms with E-state index < -0.39 is 0 Å². The second-order valence-corrected chi connectivity index (χ2v) is 5.57. The van der Waals surface area contributed by atoms with Crippen molar-refractivity contribution in [1.82, 2.24) is 20.3 Å². The Balaban J connectivity index is 1.80.